The predicted octanol–water partition coefficient (Wildman–Crippen LogP) is 2.71. The van der Waals surface area contributed by atoms with E-state index in [4.69, 9.17) is 9.47 Å². The third-order valence-electron chi connectivity index (χ3n) is 4.24. The summed E-state index contributed by atoms with van der Waals surface area (Å²) in [6, 6.07) is 16.6. The maximum absolute atomic E-state index is 12.3. The summed E-state index contributed by atoms with van der Waals surface area (Å²) < 4.78 is 37.6. The molecule has 1 N–H and O–H groups in total. The number of rotatable bonds is 9. The average molecular weight is 427 g/mol. The van der Waals surface area contributed by atoms with Gasteiger partial charge >= 0.3 is 0 Å². The zero-order valence-electron chi connectivity index (χ0n) is 16.5. The lowest BCUT2D eigenvalue weighted by Gasteiger charge is -2.08. The first-order valence-electron chi connectivity index (χ1n) is 9.11. The number of nitrogens with one attached hydrogen (secondary N) is 1. The topological polar surface area (TPSA) is 107 Å². The second kappa shape index (κ2) is 9.47. The van der Waals surface area contributed by atoms with Crippen LogP contribution in [0.2, 0.25) is 0 Å². The molecule has 1 heterocycles. The minimum absolute atomic E-state index is 0.0543. The van der Waals surface area contributed by atoms with Gasteiger partial charge in [-0.2, -0.15) is 0 Å². The van der Waals surface area contributed by atoms with Crippen LogP contribution in [0.4, 0.5) is 0 Å². The Morgan fingerprint density at radius 2 is 1.67 bits per heavy atom. The molecule has 30 heavy (non-hydrogen) atoms. The first-order valence-corrected chi connectivity index (χ1v) is 10.6. The van der Waals surface area contributed by atoms with Crippen LogP contribution in [0.3, 0.4) is 0 Å². The molecular weight excluding hydrogens is 406 g/mol. The minimum atomic E-state index is -3.69. The van der Waals surface area contributed by atoms with Gasteiger partial charge in [0.2, 0.25) is 15.9 Å². The first-order chi connectivity index (χ1) is 14.4. The highest BCUT2D eigenvalue weighted by molar-refractivity contribution is 7.89. The summed E-state index contributed by atoms with van der Waals surface area (Å²) in [5.41, 5.74) is 2.02. The Morgan fingerprint density at radius 1 is 0.967 bits per heavy atom. The van der Waals surface area contributed by atoms with E-state index in [1.54, 1.807) is 19.2 Å². The van der Waals surface area contributed by atoms with E-state index in [0.717, 1.165) is 11.3 Å². The van der Waals surface area contributed by atoms with Crippen molar-refractivity contribution in [3.8, 4) is 22.9 Å². The molecule has 0 aliphatic rings. The SMILES string of the molecule is COc1ccc(-c2ccc(OCCNS(=O)(=O)c3ccc(C(C)=O)cc3)nn2)cc1. The van der Waals surface area contributed by atoms with Gasteiger partial charge in [0.25, 0.3) is 0 Å². The largest absolute Gasteiger partial charge is 0.497 e. The van der Waals surface area contributed by atoms with Crippen molar-refractivity contribution in [1.29, 1.82) is 0 Å². The molecule has 0 radical (unpaired) electrons. The van der Waals surface area contributed by atoms with Crippen LogP contribution in [0.1, 0.15) is 17.3 Å². The van der Waals surface area contributed by atoms with E-state index in [2.05, 4.69) is 14.9 Å². The van der Waals surface area contributed by atoms with Gasteiger partial charge in [-0.1, -0.05) is 12.1 Å². The van der Waals surface area contributed by atoms with Crippen molar-refractivity contribution in [2.45, 2.75) is 11.8 Å². The molecule has 0 fully saturated rings. The molecule has 0 bridgehead atoms. The second-order valence-corrected chi connectivity index (χ2v) is 8.08. The van der Waals surface area contributed by atoms with Crippen molar-refractivity contribution in [1.82, 2.24) is 14.9 Å². The van der Waals surface area contributed by atoms with Crippen molar-refractivity contribution in [3.63, 3.8) is 0 Å². The van der Waals surface area contributed by atoms with Crippen LogP contribution in [0, 0.1) is 0 Å². The Bertz CT molecular complexity index is 1100. The van der Waals surface area contributed by atoms with Crippen LogP contribution in [-0.2, 0) is 10.0 Å². The number of ketones is 1. The second-order valence-electron chi connectivity index (χ2n) is 6.31. The Morgan fingerprint density at radius 3 is 2.23 bits per heavy atom. The minimum Gasteiger partial charge on any atom is -0.497 e. The van der Waals surface area contributed by atoms with Crippen molar-refractivity contribution >= 4 is 15.8 Å². The number of sulfonamides is 1. The number of Topliss-reactive ketones (excluding diaryl/α,β-unsaturated/α-hetero) is 1. The van der Waals surface area contributed by atoms with Gasteiger partial charge in [0.15, 0.2) is 5.78 Å². The number of aromatic nitrogens is 2. The fourth-order valence-electron chi connectivity index (χ4n) is 2.60. The monoisotopic (exact) mass is 427 g/mol. The van der Waals surface area contributed by atoms with E-state index in [1.165, 1.54) is 31.2 Å². The lowest BCUT2D eigenvalue weighted by atomic mass is 10.1. The standard InChI is InChI=1S/C21H21N3O5S/c1-15(25)16-5-9-19(10-6-16)30(26,27)22-13-14-29-21-12-11-20(23-24-21)17-3-7-18(28-2)8-4-17/h3-12,22H,13-14H2,1-2H3. The van der Waals surface area contributed by atoms with Gasteiger partial charge in [0.05, 0.1) is 17.7 Å². The van der Waals surface area contributed by atoms with Gasteiger partial charge in [0.1, 0.15) is 12.4 Å². The van der Waals surface area contributed by atoms with Crippen molar-refractivity contribution in [2.24, 2.45) is 0 Å². The number of carbonyl (C=O) groups excluding carboxylic acids is 1. The number of nitrogens with zero attached hydrogens (tertiary/aromatic N) is 2. The summed E-state index contributed by atoms with van der Waals surface area (Å²) in [5.74, 6) is 0.917. The van der Waals surface area contributed by atoms with E-state index in [9.17, 15) is 13.2 Å². The van der Waals surface area contributed by atoms with Gasteiger partial charge in [0, 0.05) is 23.7 Å². The molecule has 3 rings (SSSR count). The van der Waals surface area contributed by atoms with Crippen LogP contribution >= 0.6 is 0 Å². The Hall–Kier alpha value is -3.30. The molecule has 0 saturated heterocycles. The van der Waals surface area contributed by atoms with Gasteiger partial charge in [-0.3, -0.25) is 4.79 Å². The number of hydrogen-bond acceptors (Lipinski definition) is 7. The molecule has 0 aliphatic heterocycles. The summed E-state index contributed by atoms with van der Waals surface area (Å²) >= 11 is 0. The third-order valence-corrected chi connectivity index (χ3v) is 5.72. The molecule has 0 saturated carbocycles. The zero-order valence-corrected chi connectivity index (χ0v) is 17.3. The highest BCUT2D eigenvalue weighted by atomic mass is 32.2. The number of carbonyl (C=O) groups is 1. The average Bonchev–Trinajstić information content (AvgIpc) is 2.77. The normalized spacial score (nSPS) is 11.1. The molecule has 3 aromatic rings. The first kappa shape index (κ1) is 21.4. The number of methoxy groups -OCH3 is 1. The summed E-state index contributed by atoms with van der Waals surface area (Å²) in [6.07, 6.45) is 0. The predicted molar refractivity (Wildman–Crippen MR) is 111 cm³/mol. The van der Waals surface area contributed by atoms with Gasteiger partial charge < -0.3 is 9.47 Å². The van der Waals surface area contributed by atoms with E-state index < -0.39 is 10.0 Å². The van der Waals surface area contributed by atoms with E-state index in [1.807, 2.05) is 24.3 Å². The number of benzene rings is 2. The van der Waals surface area contributed by atoms with Crippen LogP contribution in [0.25, 0.3) is 11.3 Å². The van der Waals surface area contributed by atoms with Crippen molar-refractivity contribution in [3.05, 3.63) is 66.2 Å². The summed E-state index contributed by atoms with van der Waals surface area (Å²) in [5, 5.41) is 8.12. The van der Waals surface area contributed by atoms with Gasteiger partial charge in [-0.05, 0) is 49.4 Å². The highest BCUT2D eigenvalue weighted by Gasteiger charge is 2.14. The molecule has 0 aliphatic carbocycles. The van der Waals surface area contributed by atoms with E-state index >= 15 is 0 Å². The van der Waals surface area contributed by atoms with Crippen molar-refractivity contribution < 1.29 is 22.7 Å². The zero-order chi connectivity index (χ0) is 21.6. The smallest absolute Gasteiger partial charge is 0.240 e. The molecule has 0 atom stereocenters. The van der Waals surface area contributed by atoms with Crippen LogP contribution in [0.15, 0.2) is 65.6 Å². The Kier molecular flexibility index (Phi) is 6.76. The quantitative estimate of drug-likeness (QED) is 0.413. The molecule has 156 valence electrons. The third kappa shape index (κ3) is 5.40. The fraction of sp³-hybridized carbons (Fsp3) is 0.190. The molecular formula is C21H21N3O5S. The lowest BCUT2D eigenvalue weighted by Crippen LogP contribution is -2.28. The molecule has 9 heteroatoms. The van der Waals surface area contributed by atoms with Crippen LogP contribution in [-0.4, -0.2) is 44.7 Å². The molecule has 2 aromatic carbocycles. The van der Waals surface area contributed by atoms with E-state index in [-0.39, 0.29) is 29.7 Å². The molecule has 1 aromatic heterocycles. The Balaban J connectivity index is 1.51. The lowest BCUT2D eigenvalue weighted by molar-refractivity contribution is 0.101. The summed E-state index contributed by atoms with van der Waals surface area (Å²) in [4.78, 5) is 11.4. The number of ether oxygens (including phenoxy) is 2. The molecule has 0 amide bonds. The maximum atomic E-state index is 12.3. The van der Waals surface area contributed by atoms with E-state index in [0.29, 0.717) is 11.3 Å². The summed E-state index contributed by atoms with van der Waals surface area (Å²) in [7, 11) is -2.09. The van der Waals surface area contributed by atoms with Crippen LogP contribution in [0.5, 0.6) is 11.6 Å². The highest BCUT2D eigenvalue weighted by Crippen LogP contribution is 2.21. The van der Waals surface area contributed by atoms with Crippen molar-refractivity contribution in [2.75, 3.05) is 20.3 Å². The molecule has 0 unspecified atom stereocenters. The van der Waals surface area contributed by atoms with Crippen LogP contribution < -0.4 is 14.2 Å². The van der Waals surface area contributed by atoms with Gasteiger partial charge in [-0.15, -0.1) is 10.2 Å². The fourth-order valence-corrected chi connectivity index (χ4v) is 3.61. The number of hydrogen-bond donors (Lipinski definition) is 1. The van der Waals surface area contributed by atoms with Gasteiger partial charge in [-0.25, -0.2) is 13.1 Å². The summed E-state index contributed by atoms with van der Waals surface area (Å²) in [6.45, 7) is 1.56. The molecule has 0 spiro atoms. The Labute approximate surface area is 174 Å². The maximum Gasteiger partial charge on any atom is 0.240 e. The molecule has 8 nitrogen and oxygen atoms in total.